The van der Waals surface area contributed by atoms with E-state index in [1.54, 1.807) is 6.92 Å². The summed E-state index contributed by atoms with van der Waals surface area (Å²) in [5, 5.41) is 8.66. The Balaban J connectivity index is 3.12. The van der Waals surface area contributed by atoms with Crippen molar-refractivity contribution in [3.8, 4) is 0 Å². The molecule has 0 radical (unpaired) electrons. The standard InChI is InChI=1S/C9H10FNO2/c1-5-3-7(6(2)9(12)13)8(10)4-11-5/h3-4,6H,1-2H3,(H,12,13). The molecule has 0 aliphatic heterocycles. The molecule has 0 aliphatic rings. The van der Waals surface area contributed by atoms with Crippen LogP contribution >= 0.6 is 0 Å². The zero-order chi connectivity index (χ0) is 10.0. The van der Waals surface area contributed by atoms with Crippen molar-refractivity contribution in [2.24, 2.45) is 0 Å². The zero-order valence-electron chi connectivity index (χ0n) is 7.41. The number of aliphatic carboxylic acids is 1. The molecule has 1 aromatic rings. The number of pyridine rings is 1. The van der Waals surface area contributed by atoms with Gasteiger partial charge in [-0.05, 0) is 19.9 Å². The van der Waals surface area contributed by atoms with Gasteiger partial charge in [0, 0.05) is 11.3 Å². The molecule has 0 aliphatic carbocycles. The molecule has 0 saturated carbocycles. The van der Waals surface area contributed by atoms with Crippen molar-refractivity contribution in [1.82, 2.24) is 4.98 Å². The molecular formula is C9H10FNO2. The minimum atomic E-state index is -1.04. The van der Waals surface area contributed by atoms with E-state index in [1.165, 1.54) is 13.0 Å². The van der Waals surface area contributed by atoms with E-state index in [-0.39, 0.29) is 5.56 Å². The summed E-state index contributed by atoms with van der Waals surface area (Å²) in [5.41, 5.74) is 0.796. The quantitative estimate of drug-likeness (QED) is 0.759. The molecule has 1 rings (SSSR count). The number of carboxylic acid groups (broad SMARTS) is 1. The lowest BCUT2D eigenvalue weighted by Gasteiger charge is -2.07. The Morgan fingerprint density at radius 3 is 2.85 bits per heavy atom. The molecule has 0 amide bonds. The van der Waals surface area contributed by atoms with Gasteiger partial charge in [0.1, 0.15) is 5.82 Å². The molecule has 70 valence electrons. The minimum absolute atomic E-state index is 0.181. The van der Waals surface area contributed by atoms with Gasteiger partial charge in [0.25, 0.3) is 0 Å². The lowest BCUT2D eigenvalue weighted by molar-refractivity contribution is -0.138. The maximum Gasteiger partial charge on any atom is 0.310 e. The molecule has 3 nitrogen and oxygen atoms in total. The third-order valence-corrected chi connectivity index (χ3v) is 1.86. The lowest BCUT2D eigenvalue weighted by atomic mass is 10.0. The van der Waals surface area contributed by atoms with Crippen LogP contribution in [0.1, 0.15) is 24.1 Å². The van der Waals surface area contributed by atoms with Crippen molar-refractivity contribution in [2.45, 2.75) is 19.8 Å². The Morgan fingerprint density at radius 2 is 2.31 bits per heavy atom. The van der Waals surface area contributed by atoms with Gasteiger partial charge >= 0.3 is 5.97 Å². The summed E-state index contributed by atoms with van der Waals surface area (Å²) in [4.78, 5) is 14.3. The predicted molar refractivity (Wildman–Crippen MR) is 45.0 cm³/mol. The number of hydrogen-bond donors (Lipinski definition) is 1. The van der Waals surface area contributed by atoms with Crippen LogP contribution in [0.2, 0.25) is 0 Å². The average molecular weight is 183 g/mol. The van der Waals surface area contributed by atoms with Crippen LogP contribution < -0.4 is 0 Å². The van der Waals surface area contributed by atoms with Crippen molar-refractivity contribution in [3.63, 3.8) is 0 Å². The van der Waals surface area contributed by atoms with Crippen molar-refractivity contribution >= 4 is 5.97 Å². The second-order valence-corrected chi connectivity index (χ2v) is 2.91. The topological polar surface area (TPSA) is 50.2 Å². The van der Waals surface area contributed by atoms with Crippen molar-refractivity contribution in [1.29, 1.82) is 0 Å². The Morgan fingerprint density at radius 1 is 1.69 bits per heavy atom. The number of carbonyl (C=O) groups is 1. The highest BCUT2D eigenvalue weighted by molar-refractivity contribution is 5.75. The second kappa shape index (κ2) is 3.51. The van der Waals surface area contributed by atoms with Gasteiger partial charge in [-0.15, -0.1) is 0 Å². The molecular weight excluding hydrogens is 173 g/mol. The molecule has 13 heavy (non-hydrogen) atoms. The molecule has 4 heteroatoms. The van der Waals surface area contributed by atoms with E-state index in [2.05, 4.69) is 4.98 Å². The number of nitrogens with zero attached hydrogens (tertiary/aromatic N) is 1. The molecule has 1 aromatic heterocycles. The molecule has 0 bridgehead atoms. The maximum absolute atomic E-state index is 13.1. The highest BCUT2D eigenvalue weighted by atomic mass is 19.1. The first-order chi connectivity index (χ1) is 6.02. The van der Waals surface area contributed by atoms with Gasteiger partial charge in [-0.25, -0.2) is 4.39 Å². The first-order valence-electron chi connectivity index (χ1n) is 3.87. The summed E-state index contributed by atoms with van der Waals surface area (Å²) in [6.07, 6.45) is 1.05. The predicted octanol–water partition coefficient (Wildman–Crippen LogP) is 1.72. The number of hydrogen-bond acceptors (Lipinski definition) is 2. The van der Waals surface area contributed by atoms with E-state index >= 15 is 0 Å². The largest absolute Gasteiger partial charge is 0.481 e. The highest BCUT2D eigenvalue weighted by Crippen LogP contribution is 2.18. The molecule has 0 fully saturated rings. The van der Waals surface area contributed by atoms with Crippen LogP contribution in [-0.4, -0.2) is 16.1 Å². The molecule has 1 N–H and O–H groups in total. The fourth-order valence-electron chi connectivity index (χ4n) is 1.03. The summed E-state index contributed by atoms with van der Waals surface area (Å²) in [6, 6.07) is 1.45. The molecule has 1 unspecified atom stereocenters. The molecule has 1 heterocycles. The van der Waals surface area contributed by atoms with E-state index in [0.29, 0.717) is 5.69 Å². The van der Waals surface area contributed by atoms with Crippen LogP contribution in [0.15, 0.2) is 12.3 Å². The Bertz CT molecular complexity index is 338. The summed E-state index contributed by atoms with van der Waals surface area (Å²) in [7, 11) is 0. The van der Waals surface area contributed by atoms with Gasteiger partial charge < -0.3 is 5.11 Å². The third kappa shape index (κ3) is 2.02. The van der Waals surface area contributed by atoms with E-state index < -0.39 is 17.7 Å². The Hall–Kier alpha value is -1.45. The number of halogens is 1. The van der Waals surface area contributed by atoms with E-state index in [4.69, 9.17) is 5.11 Å². The van der Waals surface area contributed by atoms with E-state index in [1.807, 2.05) is 0 Å². The number of rotatable bonds is 2. The average Bonchev–Trinajstić information content (AvgIpc) is 2.08. The first-order valence-corrected chi connectivity index (χ1v) is 3.87. The lowest BCUT2D eigenvalue weighted by Crippen LogP contribution is -2.10. The molecule has 0 spiro atoms. The number of aryl methyl sites for hydroxylation is 1. The van der Waals surface area contributed by atoms with E-state index in [0.717, 1.165) is 6.20 Å². The van der Waals surface area contributed by atoms with Crippen LogP contribution in [-0.2, 0) is 4.79 Å². The summed E-state index contributed by atoms with van der Waals surface area (Å²) >= 11 is 0. The van der Waals surface area contributed by atoms with Gasteiger partial charge in [0.05, 0.1) is 12.1 Å². The summed E-state index contributed by atoms with van der Waals surface area (Å²) < 4.78 is 13.1. The van der Waals surface area contributed by atoms with Crippen molar-refractivity contribution in [2.75, 3.05) is 0 Å². The number of carboxylic acids is 1. The van der Waals surface area contributed by atoms with Gasteiger partial charge in [0.2, 0.25) is 0 Å². The monoisotopic (exact) mass is 183 g/mol. The van der Waals surface area contributed by atoms with Crippen LogP contribution in [0.4, 0.5) is 4.39 Å². The summed E-state index contributed by atoms with van der Waals surface area (Å²) in [5.74, 6) is -2.44. The normalized spacial score (nSPS) is 12.5. The smallest absolute Gasteiger partial charge is 0.310 e. The molecule has 0 saturated heterocycles. The number of aromatic nitrogens is 1. The second-order valence-electron chi connectivity index (χ2n) is 2.91. The molecule has 0 aromatic carbocycles. The van der Waals surface area contributed by atoms with Gasteiger partial charge in [0.15, 0.2) is 0 Å². The maximum atomic E-state index is 13.1. The van der Waals surface area contributed by atoms with Gasteiger partial charge in [-0.1, -0.05) is 0 Å². The van der Waals surface area contributed by atoms with Gasteiger partial charge in [-0.2, -0.15) is 0 Å². The fourth-order valence-corrected chi connectivity index (χ4v) is 1.03. The van der Waals surface area contributed by atoms with Gasteiger partial charge in [-0.3, -0.25) is 9.78 Å². The first kappa shape index (κ1) is 9.64. The molecule has 1 atom stereocenters. The third-order valence-electron chi connectivity index (χ3n) is 1.86. The van der Waals surface area contributed by atoms with Crippen molar-refractivity contribution in [3.05, 3.63) is 29.3 Å². The Kier molecular flexibility index (Phi) is 2.60. The van der Waals surface area contributed by atoms with Crippen LogP contribution in [0.5, 0.6) is 0 Å². The fraction of sp³-hybridized carbons (Fsp3) is 0.333. The summed E-state index contributed by atoms with van der Waals surface area (Å²) in [6.45, 7) is 3.14. The van der Waals surface area contributed by atoms with Crippen LogP contribution in [0.25, 0.3) is 0 Å². The Labute approximate surface area is 75.2 Å². The van der Waals surface area contributed by atoms with Crippen molar-refractivity contribution < 1.29 is 14.3 Å². The SMILES string of the molecule is Cc1cc(C(C)C(=O)O)c(F)cn1. The highest BCUT2D eigenvalue weighted by Gasteiger charge is 2.17. The zero-order valence-corrected chi connectivity index (χ0v) is 7.41. The minimum Gasteiger partial charge on any atom is -0.481 e. The van der Waals surface area contributed by atoms with E-state index in [9.17, 15) is 9.18 Å². The van der Waals surface area contributed by atoms with Crippen LogP contribution in [0.3, 0.4) is 0 Å². The van der Waals surface area contributed by atoms with Crippen LogP contribution in [0, 0.1) is 12.7 Å².